The Hall–Kier alpha value is -2.36. The van der Waals surface area contributed by atoms with Gasteiger partial charge in [-0.25, -0.2) is 0 Å². The lowest BCUT2D eigenvalue weighted by Gasteiger charge is -2.32. The molecule has 1 amide bonds. The lowest BCUT2D eigenvalue weighted by Crippen LogP contribution is -2.38. The van der Waals surface area contributed by atoms with Gasteiger partial charge in [0.15, 0.2) is 0 Å². The quantitative estimate of drug-likeness (QED) is 0.864. The van der Waals surface area contributed by atoms with Gasteiger partial charge in [-0.05, 0) is 61.4 Å². The fraction of sp³-hybridized carbons (Fsp3) is 0.400. The minimum Gasteiger partial charge on any atom is -0.496 e. The van der Waals surface area contributed by atoms with E-state index in [9.17, 15) is 4.79 Å². The van der Waals surface area contributed by atoms with Crippen LogP contribution in [0.15, 0.2) is 42.7 Å². The van der Waals surface area contributed by atoms with E-state index >= 15 is 0 Å². The number of amides is 1. The molecule has 2 heterocycles. The molecule has 24 heavy (non-hydrogen) atoms. The molecule has 0 radical (unpaired) electrons. The number of benzene rings is 1. The van der Waals surface area contributed by atoms with Gasteiger partial charge in [-0.2, -0.15) is 0 Å². The lowest BCUT2D eigenvalue weighted by molar-refractivity contribution is 0.0690. The number of methoxy groups -OCH3 is 1. The molecule has 1 saturated heterocycles. The zero-order chi connectivity index (χ0) is 16.9. The SMILES string of the molecule is COc1cc(C(=O)N2CCC(Cc3cccnc3)CC2)ccc1C. The summed E-state index contributed by atoms with van der Waals surface area (Å²) >= 11 is 0. The van der Waals surface area contributed by atoms with E-state index in [4.69, 9.17) is 4.74 Å². The molecule has 0 N–H and O–H groups in total. The van der Waals surface area contributed by atoms with E-state index in [1.54, 1.807) is 13.3 Å². The fourth-order valence-corrected chi connectivity index (χ4v) is 3.33. The van der Waals surface area contributed by atoms with Crippen LogP contribution in [-0.4, -0.2) is 36.0 Å². The first-order chi connectivity index (χ1) is 11.7. The highest BCUT2D eigenvalue weighted by Crippen LogP contribution is 2.24. The van der Waals surface area contributed by atoms with E-state index in [-0.39, 0.29) is 5.91 Å². The smallest absolute Gasteiger partial charge is 0.253 e. The van der Waals surface area contributed by atoms with Gasteiger partial charge in [0.2, 0.25) is 0 Å². The molecule has 0 aliphatic carbocycles. The van der Waals surface area contributed by atoms with Crippen molar-refractivity contribution in [2.75, 3.05) is 20.2 Å². The summed E-state index contributed by atoms with van der Waals surface area (Å²) < 4.78 is 5.33. The van der Waals surface area contributed by atoms with Crippen molar-refractivity contribution in [1.29, 1.82) is 0 Å². The molecule has 126 valence electrons. The van der Waals surface area contributed by atoms with Crippen LogP contribution in [-0.2, 0) is 6.42 Å². The minimum atomic E-state index is 0.105. The molecule has 3 rings (SSSR count). The van der Waals surface area contributed by atoms with Crippen molar-refractivity contribution < 1.29 is 9.53 Å². The number of hydrogen-bond donors (Lipinski definition) is 0. The molecular weight excluding hydrogens is 300 g/mol. The number of aromatic nitrogens is 1. The van der Waals surface area contributed by atoms with Gasteiger partial charge in [0.05, 0.1) is 7.11 Å². The van der Waals surface area contributed by atoms with Gasteiger partial charge >= 0.3 is 0 Å². The van der Waals surface area contributed by atoms with Crippen LogP contribution >= 0.6 is 0 Å². The molecule has 0 saturated carbocycles. The van der Waals surface area contributed by atoms with E-state index in [0.29, 0.717) is 11.5 Å². The lowest BCUT2D eigenvalue weighted by atomic mass is 9.90. The zero-order valence-corrected chi connectivity index (χ0v) is 14.4. The van der Waals surface area contributed by atoms with Crippen molar-refractivity contribution in [1.82, 2.24) is 9.88 Å². The van der Waals surface area contributed by atoms with Crippen LogP contribution in [0, 0.1) is 12.8 Å². The van der Waals surface area contributed by atoms with Crippen LogP contribution in [0.5, 0.6) is 5.75 Å². The Labute approximate surface area is 143 Å². The molecule has 1 aromatic heterocycles. The number of ether oxygens (including phenoxy) is 1. The summed E-state index contributed by atoms with van der Waals surface area (Å²) in [4.78, 5) is 18.8. The van der Waals surface area contributed by atoms with Crippen molar-refractivity contribution >= 4 is 5.91 Å². The third-order valence-electron chi connectivity index (χ3n) is 4.80. The monoisotopic (exact) mass is 324 g/mol. The standard InChI is InChI=1S/C20H24N2O2/c1-15-5-6-18(13-19(15)24-2)20(23)22-10-7-16(8-11-22)12-17-4-3-9-21-14-17/h3-6,9,13-14,16H,7-8,10-12H2,1-2H3. The average molecular weight is 324 g/mol. The summed E-state index contributed by atoms with van der Waals surface area (Å²) in [6.45, 7) is 3.62. The number of pyridine rings is 1. The Balaban J connectivity index is 1.59. The minimum absolute atomic E-state index is 0.105. The number of nitrogens with zero attached hydrogens (tertiary/aromatic N) is 2. The Bertz CT molecular complexity index is 692. The maximum atomic E-state index is 12.7. The van der Waals surface area contributed by atoms with Crippen molar-refractivity contribution in [3.63, 3.8) is 0 Å². The molecule has 1 aliphatic rings. The largest absolute Gasteiger partial charge is 0.496 e. The van der Waals surface area contributed by atoms with Crippen LogP contribution in [0.4, 0.5) is 0 Å². The Morgan fingerprint density at radius 2 is 2.08 bits per heavy atom. The van der Waals surface area contributed by atoms with Gasteiger partial charge in [0.25, 0.3) is 5.91 Å². The molecule has 0 atom stereocenters. The molecular formula is C20H24N2O2. The Kier molecular flexibility index (Phi) is 5.14. The van der Waals surface area contributed by atoms with Crippen LogP contribution < -0.4 is 4.74 Å². The number of piperidine rings is 1. The number of aryl methyl sites for hydroxylation is 1. The number of likely N-dealkylation sites (tertiary alicyclic amines) is 1. The van der Waals surface area contributed by atoms with Crippen LogP contribution in [0.25, 0.3) is 0 Å². The molecule has 2 aromatic rings. The van der Waals surface area contributed by atoms with Crippen molar-refractivity contribution in [2.24, 2.45) is 5.92 Å². The Morgan fingerprint density at radius 1 is 1.29 bits per heavy atom. The van der Waals surface area contributed by atoms with E-state index in [1.807, 2.05) is 42.3 Å². The van der Waals surface area contributed by atoms with Crippen molar-refractivity contribution in [3.8, 4) is 5.75 Å². The van der Waals surface area contributed by atoms with Gasteiger partial charge in [0, 0.05) is 31.0 Å². The molecule has 1 fully saturated rings. The number of rotatable bonds is 4. The zero-order valence-electron chi connectivity index (χ0n) is 14.4. The summed E-state index contributed by atoms with van der Waals surface area (Å²) in [5, 5.41) is 0. The Morgan fingerprint density at radius 3 is 2.75 bits per heavy atom. The van der Waals surface area contributed by atoms with Crippen molar-refractivity contribution in [2.45, 2.75) is 26.2 Å². The third kappa shape index (κ3) is 3.75. The second-order valence-corrected chi connectivity index (χ2v) is 6.49. The molecule has 4 nitrogen and oxygen atoms in total. The summed E-state index contributed by atoms with van der Waals surface area (Å²) in [6, 6.07) is 9.80. The summed E-state index contributed by atoms with van der Waals surface area (Å²) in [5.41, 5.74) is 3.04. The fourth-order valence-electron chi connectivity index (χ4n) is 3.33. The molecule has 4 heteroatoms. The predicted octanol–water partition coefficient (Wildman–Crippen LogP) is 3.49. The summed E-state index contributed by atoms with van der Waals surface area (Å²) in [6.07, 6.45) is 6.89. The average Bonchev–Trinajstić information content (AvgIpc) is 2.63. The van der Waals surface area contributed by atoms with E-state index < -0.39 is 0 Å². The molecule has 0 bridgehead atoms. The molecule has 1 aromatic carbocycles. The van der Waals surface area contributed by atoms with Gasteiger partial charge in [-0.1, -0.05) is 12.1 Å². The molecule has 0 spiro atoms. The molecule has 0 unspecified atom stereocenters. The second-order valence-electron chi connectivity index (χ2n) is 6.49. The highest BCUT2D eigenvalue weighted by Gasteiger charge is 2.24. The predicted molar refractivity (Wildman–Crippen MR) is 94.3 cm³/mol. The highest BCUT2D eigenvalue weighted by atomic mass is 16.5. The molecule has 1 aliphatic heterocycles. The second kappa shape index (κ2) is 7.47. The third-order valence-corrected chi connectivity index (χ3v) is 4.80. The van der Waals surface area contributed by atoms with Crippen LogP contribution in [0.1, 0.15) is 34.3 Å². The maximum Gasteiger partial charge on any atom is 0.253 e. The van der Waals surface area contributed by atoms with E-state index in [0.717, 1.165) is 43.7 Å². The van der Waals surface area contributed by atoms with E-state index in [2.05, 4.69) is 11.1 Å². The summed E-state index contributed by atoms with van der Waals surface area (Å²) in [7, 11) is 1.64. The number of hydrogen-bond acceptors (Lipinski definition) is 3. The highest BCUT2D eigenvalue weighted by molar-refractivity contribution is 5.94. The first-order valence-corrected chi connectivity index (χ1v) is 8.50. The van der Waals surface area contributed by atoms with Crippen LogP contribution in [0.2, 0.25) is 0 Å². The van der Waals surface area contributed by atoms with Crippen molar-refractivity contribution in [3.05, 3.63) is 59.4 Å². The van der Waals surface area contributed by atoms with Gasteiger partial charge in [0.1, 0.15) is 5.75 Å². The van der Waals surface area contributed by atoms with Gasteiger partial charge in [-0.15, -0.1) is 0 Å². The topological polar surface area (TPSA) is 42.4 Å². The van der Waals surface area contributed by atoms with Gasteiger partial charge < -0.3 is 9.64 Å². The normalized spacial score (nSPS) is 15.3. The van der Waals surface area contributed by atoms with Crippen LogP contribution in [0.3, 0.4) is 0 Å². The first kappa shape index (κ1) is 16.5. The number of carbonyl (C=O) groups excluding carboxylic acids is 1. The maximum absolute atomic E-state index is 12.7. The van der Waals surface area contributed by atoms with E-state index in [1.165, 1.54) is 5.56 Å². The summed E-state index contributed by atoms with van der Waals surface area (Å²) in [5.74, 6) is 1.51. The number of carbonyl (C=O) groups is 1. The van der Waals surface area contributed by atoms with Gasteiger partial charge in [-0.3, -0.25) is 9.78 Å². The first-order valence-electron chi connectivity index (χ1n) is 8.50.